The molecule has 114 valence electrons. The molecule has 0 aromatic rings. The van der Waals surface area contributed by atoms with E-state index in [2.05, 4.69) is 12.2 Å². The van der Waals surface area contributed by atoms with Crippen LogP contribution in [-0.4, -0.2) is 12.1 Å². The Kier molecular flexibility index (Phi) is 3.83. The van der Waals surface area contributed by atoms with Crippen molar-refractivity contribution in [3.05, 3.63) is 0 Å². The van der Waals surface area contributed by atoms with Gasteiger partial charge in [0.15, 0.2) is 0 Å². The number of rotatable bonds is 4. The van der Waals surface area contributed by atoms with Crippen LogP contribution in [0.5, 0.6) is 0 Å². The third-order valence-electron chi connectivity index (χ3n) is 7.52. The predicted molar refractivity (Wildman–Crippen MR) is 84.6 cm³/mol. The monoisotopic (exact) mass is 275 g/mol. The Morgan fingerprint density at radius 1 is 0.850 bits per heavy atom. The molecule has 0 aromatic heterocycles. The number of fused-ring (bicyclic) bond motifs is 5. The molecule has 4 saturated carbocycles. The molecular weight excluding hydrogens is 242 g/mol. The Bertz CT molecular complexity index is 333. The molecule has 0 aromatic carbocycles. The SMILES string of the molecule is CCC(NC1CC2CC1C1CCCC21)C1CCCCC1. The Hall–Kier alpha value is -0.0400. The van der Waals surface area contributed by atoms with Crippen LogP contribution in [0, 0.1) is 29.6 Å². The first-order chi connectivity index (χ1) is 9.86. The van der Waals surface area contributed by atoms with Gasteiger partial charge in [0.1, 0.15) is 0 Å². The lowest BCUT2D eigenvalue weighted by Gasteiger charge is -2.38. The normalized spacial score (nSPS) is 45.8. The van der Waals surface area contributed by atoms with Crippen molar-refractivity contribution in [1.29, 1.82) is 0 Å². The largest absolute Gasteiger partial charge is 0.311 e. The van der Waals surface area contributed by atoms with Gasteiger partial charge in [-0.05, 0) is 74.5 Å². The van der Waals surface area contributed by atoms with Crippen molar-refractivity contribution in [2.45, 2.75) is 89.6 Å². The van der Waals surface area contributed by atoms with Gasteiger partial charge in [-0.25, -0.2) is 0 Å². The second-order valence-corrected chi connectivity index (χ2v) is 8.34. The molecule has 0 radical (unpaired) electrons. The molecule has 0 spiro atoms. The summed E-state index contributed by atoms with van der Waals surface area (Å²) in [6.45, 7) is 2.41. The van der Waals surface area contributed by atoms with Gasteiger partial charge in [0.05, 0.1) is 0 Å². The molecule has 0 aliphatic heterocycles. The molecule has 6 atom stereocenters. The predicted octanol–water partition coefficient (Wildman–Crippen LogP) is 4.76. The summed E-state index contributed by atoms with van der Waals surface area (Å²) >= 11 is 0. The Morgan fingerprint density at radius 2 is 1.65 bits per heavy atom. The molecule has 4 rings (SSSR count). The van der Waals surface area contributed by atoms with E-state index >= 15 is 0 Å². The summed E-state index contributed by atoms with van der Waals surface area (Å²) in [7, 11) is 0. The van der Waals surface area contributed by atoms with Gasteiger partial charge in [-0.2, -0.15) is 0 Å². The Morgan fingerprint density at radius 3 is 2.45 bits per heavy atom. The van der Waals surface area contributed by atoms with Gasteiger partial charge >= 0.3 is 0 Å². The Labute approximate surface area is 125 Å². The van der Waals surface area contributed by atoms with Gasteiger partial charge in [-0.15, -0.1) is 0 Å². The van der Waals surface area contributed by atoms with E-state index in [0.717, 1.165) is 41.7 Å². The zero-order chi connectivity index (χ0) is 13.5. The van der Waals surface area contributed by atoms with Gasteiger partial charge in [0, 0.05) is 12.1 Å². The number of hydrogen-bond donors (Lipinski definition) is 1. The third kappa shape index (κ3) is 2.25. The van der Waals surface area contributed by atoms with Crippen LogP contribution in [-0.2, 0) is 0 Å². The first-order valence-corrected chi connectivity index (χ1v) is 9.63. The number of hydrogen-bond acceptors (Lipinski definition) is 1. The van der Waals surface area contributed by atoms with Crippen molar-refractivity contribution in [3.8, 4) is 0 Å². The van der Waals surface area contributed by atoms with Crippen LogP contribution in [0.2, 0.25) is 0 Å². The van der Waals surface area contributed by atoms with E-state index in [1.807, 2.05) is 0 Å². The maximum absolute atomic E-state index is 4.18. The van der Waals surface area contributed by atoms with Crippen molar-refractivity contribution in [2.24, 2.45) is 29.6 Å². The molecule has 6 unspecified atom stereocenters. The standard InChI is InChI=1S/C19H33N/c1-2-18(13-7-4-3-5-8-13)20-19-12-14-11-17(19)16-10-6-9-15(14)16/h13-20H,2-12H2,1H3. The maximum atomic E-state index is 4.18. The minimum absolute atomic E-state index is 0.833. The van der Waals surface area contributed by atoms with Gasteiger partial charge in [-0.1, -0.05) is 32.6 Å². The summed E-state index contributed by atoms with van der Waals surface area (Å²) in [5, 5.41) is 4.18. The van der Waals surface area contributed by atoms with Crippen molar-refractivity contribution in [2.75, 3.05) is 0 Å². The molecular formula is C19H33N. The molecule has 0 heterocycles. The molecule has 4 aliphatic carbocycles. The fourth-order valence-electron chi connectivity index (χ4n) is 6.66. The van der Waals surface area contributed by atoms with E-state index < -0.39 is 0 Å². The van der Waals surface area contributed by atoms with Crippen LogP contribution < -0.4 is 5.32 Å². The highest BCUT2D eigenvalue weighted by molar-refractivity contribution is 5.06. The van der Waals surface area contributed by atoms with Crippen molar-refractivity contribution in [1.82, 2.24) is 5.32 Å². The van der Waals surface area contributed by atoms with E-state index in [-0.39, 0.29) is 0 Å². The van der Waals surface area contributed by atoms with Gasteiger partial charge < -0.3 is 5.32 Å². The average Bonchev–Trinajstić information content (AvgIpc) is 3.18. The second-order valence-electron chi connectivity index (χ2n) is 8.34. The van der Waals surface area contributed by atoms with Gasteiger partial charge in [-0.3, -0.25) is 0 Å². The molecule has 0 saturated heterocycles. The molecule has 1 N–H and O–H groups in total. The smallest absolute Gasteiger partial charge is 0.0104 e. The van der Waals surface area contributed by atoms with Crippen LogP contribution in [0.3, 0.4) is 0 Å². The molecule has 1 nitrogen and oxygen atoms in total. The van der Waals surface area contributed by atoms with Crippen molar-refractivity contribution >= 4 is 0 Å². The zero-order valence-electron chi connectivity index (χ0n) is 13.3. The molecule has 4 aliphatic rings. The van der Waals surface area contributed by atoms with Crippen LogP contribution in [0.1, 0.15) is 77.6 Å². The van der Waals surface area contributed by atoms with Crippen LogP contribution in [0.15, 0.2) is 0 Å². The third-order valence-corrected chi connectivity index (χ3v) is 7.52. The summed E-state index contributed by atoms with van der Waals surface area (Å²) < 4.78 is 0. The van der Waals surface area contributed by atoms with Crippen molar-refractivity contribution in [3.63, 3.8) is 0 Å². The number of nitrogens with one attached hydrogen (secondary N) is 1. The van der Waals surface area contributed by atoms with Gasteiger partial charge in [0.25, 0.3) is 0 Å². The fourth-order valence-corrected chi connectivity index (χ4v) is 6.66. The lowest BCUT2D eigenvalue weighted by atomic mass is 9.77. The summed E-state index contributed by atoms with van der Waals surface area (Å²) in [5.41, 5.74) is 0. The van der Waals surface area contributed by atoms with E-state index in [1.165, 1.54) is 51.4 Å². The summed E-state index contributed by atoms with van der Waals surface area (Å²) in [4.78, 5) is 0. The molecule has 0 amide bonds. The first kappa shape index (κ1) is 13.6. The van der Waals surface area contributed by atoms with Crippen molar-refractivity contribution < 1.29 is 0 Å². The second kappa shape index (κ2) is 5.63. The molecule has 1 heteroatoms. The summed E-state index contributed by atoms with van der Waals surface area (Å²) in [6.07, 6.45) is 16.6. The minimum Gasteiger partial charge on any atom is -0.311 e. The molecule has 20 heavy (non-hydrogen) atoms. The molecule has 2 bridgehead atoms. The summed E-state index contributed by atoms with van der Waals surface area (Å²) in [6, 6.07) is 1.73. The lowest BCUT2D eigenvalue weighted by molar-refractivity contribution is 0.169. The quantitative estimate of drug-likeness (QED) is 0.780. The minimum atomic E-state index is 0.833. The first-order valence-electron chi connectivity index (χ1n) is 9.63. The highest BCUT2D eigenvalue weighted by Gasteiger charge is 2.53. The van der Waals surface area contributed by atoms with Gasteiger partial charge in [0.2, 0.25) is 0 Å². The van der Waals surface area contributed by atoms with E-state index in [1.54, 1.807) is 19.3 Å². The fraction of sp³-hybridized carbons (Fsp3) is 1.00. The van der Waals surface area contributed by atoms with E-state index in [0.29, 0.717) is 0 Å². The average molecular weight is 275 g/mol. The van der Waals surface area contributed by atoms with Crippen LogP contribution in [0.25, 0.3) is 0 Å². The highest BCUT2D eigenvalue weighted by atomic mass is 15.0. The molecule has 4 fully saturated rings. The summed E-state index contributed by atoms with van der Waals surface area (Å²) in [5.74, 6) is 5.43. The van der Waals surface area contributed by atoms with E-state index in [4.69, 9.17) is 0 Å². The highest BCUT2D eigenvalue weighted by Crippen LogP contribution is 2.58. The topological polar surface area (TPSA) is 12.0 Å². The van der Waals surface area contributed by atoms with Crippen LogP contribution >= 0.6 is 0 Å². The van der Waals surface area contributed by atoms with Crippen LogP contribution in [0.4, 0.5) is 0 Å². The van der Waals surface area contributed by atoms with E-state index in [9.17, 15) is 0 Å². The maximum Gasteiger partial charge on any atom is 0.0104 e. The zero-order valence-corrected chi connectivity index (χ0v) is 13.3. The lowest BCUT2D eigenvalue weighted by Crippen LogP contribution is -2.47. The Balaban J connectivity index is 1.39.